The van der Waals surface area contributed by atoms with E-state index in [-0.39, 0.29) is 54.9 Å². The molecule has 1 unspecified atom stereocenters. The first kappa shape index (κ1) is 28.8. The topological polar surface area (TPSA) is 127 Å². The van der Waals surface area contributed by atoms with Crippen molar-refractivity contribution in [1.82, 2.24) is 24.8 Å². The van der Waals surface area contributed by atoms with Crippen molar-refractivity contribution in [2.24, 2.45) is 18.4 Å². The van der Waals surface area contributed by atoms with E-state index in [1.807, 2.05) is 0 Å². The maximum absolute atomic E-state index is 14.1. The number of aryl methyl sites for hydroxylation is 1. The van der Waals surface area contributed by atoms with Crippen LogP contribution in [0.4, 0.5) is 8.78 Å². The molecule has 2 amide bonds. The maximum atomic E-state index is 14.1. The Balaban J connectivity index is 1.36. The number of amides is 2. The third-order valence-corrected chi connectivity index (χ3v) is 9.36. The molecule has 2 saturated heterocycles. The van der Waals surface area contributed by atoms with Crippen molar-refractivity contribution in [2.45, 2.75) is 63.7 Å². The molecule has 226 valence electrons. The molecule has 3 aliphatic heterocycles. The number of carboxylic acid groups (broad SMARTS) is 1. The zero-order valence-corrected chi connectivity index (χ0v) is 23.9. The number of fused-ring (bicyclic) bond motifs is 1. The van der Waals surface area contributed by atoms with Gasteiger partial charge in [0.25, 0.3) is 6.43 Å². The first-order valence-corrected chi connectivity index (χ1v) is 14.5. The molecule has 1 aromatic heterocycles. The van der Waals surface area contributed by atoms with E-state index in [2.05, 4.69) is 10.3 Å². The lowest BCUT2D eigenvalue weighted by Gasteiger charge is -2.43. The van der Waals surface area contributed by atoms with E-state index in [1.54, 1.807) is 21.9 Å². The summed E-state index contributed by atoms with van der Waals surface area (Å²) in [4.78, 5) is 42.5. The second-order valence-electron chi connectivity index (χ2n) is 11.7. The third-order valence-electron chi connectivity index (χ3n) is 9.01. The van der Waals surface area contributed by atoms with Gasteiger partial charge in [-0.25, -0.2) is 18.3 Å². The second-order valence-corrected chi connectivity index (χ2v) is 12.1. The van der Waals surface area contributed by atoms with Gasteiger partial charge in [-0.15, -0.1) is 5.10 Å². The first-order chi connectivity index (χ1) is 20.1. The fourth-order valence-electron chi connectivity index (χ4n) is 6.64. The quantitative estimate of drug-likeness (QED) is 0.484. The molecule has 0 radical (unpaired) electrons. The van der Waals surface area contributed by atoms with Crippen LogP contribution in [0.25, 0.3) is 0 Å². The van der Waals surface area contributed by atoms with Gasteiger partial charge in [0.15, 0.2) is 6.10 Å². The zero-order chi connectivity index (χ0) is 29.8. The van der Waals surface area contributed by atoms with Crippen LogP contribution in [0.2, 0.25) is 5.02 Å². The van der Waals surface area contributed by atoms with Crippen LogP contribution < -0.4 is 4.74 Å². The molecule has 3 atom stereocenters. The summed E-state index contributed by atoms with van der Waals surface area (Å²) in [5.74, 6) is -2.13. The van der Waals surface area contributed by atoms with Crippen LogP contribution in [0.3, 0.4) is 0 Å². The number of alkyl halides is 2. The number of carboxylic acids is 1. The summed E-state index contributed by atoms with van der Waals surface area (Å²) in [6, 6.07) is 2.59. The van der Waals surface area contributed by atoms with Crippen molar-refractivity contribution in [3.8, 4) is 5.75 Å². The van der Waals surface area contributed by atoms with Gasteiger partial charge in [0.1, 0.15) is 23.7 Å². The summed E-state index contributed by atoms with van der Waals surface area (Å²) in [6.45, 7) is 0.974. The molecule has 4 aliphatic rings. The lowest BCUT2D eigenvalue weighted by molar-refractivity contribution is -0.167. The Morgan fingerprint density at radius 2 is 2.10 bits per heavy atom. The Hall–Kier alpha value is -3.32. The highest BCUT2D eigenvalue weighted by Gasteiger charge is 2.53. The SMILES string of the molecule is Cn1nnc(COc2ccc(Cl)c3c2C(CN2CC4(CC4)CC2=O)N(C(=O)[C@@H]2CCCO[C@@H]2C(=O)O)CC3)c1C(F)F. The van der Waals surface area contributed by atoms with Gasteiger partial charge < -0.3 is 24.4 Å². The van der Waals surface area contributed by atoms with Crippen LogP contribution >= 0.6 is 11.6 Å². The number of carbonyl (C=O) groups is 3. The summed E-state index contributed by atoms with van der Waals surface area (Å²) in [7, 11) is 1.38. The molecular weight excluding hydrogens is 576 g/mol. The number of likely N-dealkylation sites (tertiary alicyclic amines) is 1. The van der Waals surface area contributed by atoms with Crippen molar-refractivity contribution in [3.05, 3.63) is 39.7 Å². The van der Waals surface area contributed by atoms with Gasteiger partial charge in [-0.1, -0.05) is 16.8 Å². The number of hydrogen-bond donors (Lipinski definition) is 1. The smallest absolute Gasteiger partial charge is 0.333 e. The number of nitrogens with zero attached hydrogens (tertiary/aromatic N) is 5. The fourth-order valence-corrected chi connectivity index (χ4v) is 6.90. The van der Waals surface area contributed by atoms with Crippen molar-refractivity contribution < 1.29 is 37.7 Å². The monoisotopic (exact) mass is 607 g/mol. The summed E-state index contributed by atoms with van der Waals surface area (Å²) in [5.41, 5.74) is 0.920. The normalized spacial score (nSPS) is 24.8. The number of ether oxygens (including phenoxy) is 2. The molecule has 0 bridgehead atoms. The average Bonchev–Trinajstić information content (AvgIpc) is 3.49. The van der Waals surface area contributed by atoms with Crippen LogP contribution in [0.1, 0.15) is 67.1 Å². The second kappa shape index (κ2) is 11.1. The summed E-state index contributed by atoms with van der Waals surface area (Å²) < 4.78 is 39.9. The minimum atomic E-state index is -2.81. The van der Waals surface area contributed by atoms with E-state index in [0.717, 1.165) is 23.1 Å². The Kier molecular flexibility index (Phi) is 7.58. The molecule has 11 nitrogen and oxygen atoms in total. The number of hydrogen-bond acceptors (Lipinski definition) is 7. The number of rotatable bonds is 8. The van der Waals surface area contributed by atoms with Crippen molar-refractivity contribution in [2.75, 3.05) is 26.2 Å². The van der Waals surface area contributed by atoms with Gasteiger partial charge >= 0.3 is 5.97 Å². The van der Waals surface area contributed by atoms with E-state index < -0.39 is 30.5 Å². The Morgan fingerprint density at radius 1 is 1.31 bits per heavy atom. The van der Waals surface area contributed by atoms with E-state index in [0.29, 0.717) is 48.6 Å². The van der Waals surface area contributed by atoms with Crippen LogP contribution in [-0.2, 0) is 39.2 Å². The summed E-state index contributed by atoms with van der Waals surface area (Å²) in [5, 5.41) is 17.8. The molecule has 1 saturated carbocycles. The van der Waals surface area contributed by atoms with Gasteiger partial charge in [-0.05, 0) is 55.2 Å². The van der Waals surface area contributed by atoms with Crippen molar-refractivity contribution in [3.63, 3.8) is 0 Å². The minimum Gasteiger partial charge on any atom is -0.487 e. The summed E-state index contributed by atoms with van der Waals surface area (Å²) >= 11 is 6.65. The Labute approximate surface area is 245 Å². The number of benzene rings is 1. The highest BCUT2D eigenvalue weighted by Crippen LogP contribution is 2.54. The van der Waals surface area contributed by atoms with Gasteiger partial charge in [0.2, 0.25) is 11.8 Å². The number of halogens is 3. The van der Waals surface area contributed by atoms with Crippen LogP contribution in [-0.4, -0.2) is 80.0 Å². The predicted octanol–water partition coefficient (Wildman–Crippen LogP) is 3.30. The van der Waals surface area contributed by atoms with E-state index in [4.69, 9.17) is 21.1 Å². The van der Waals surface area contributed by atoms with E-state index >= 15 is 0 Å². The van der Waals surface area contributed by atoms with Crippen molar-refractivity contribution >= 4 is 29.4 Å². The lowest BCUT2D eigenvalue weighted by atomic mass is 9.87. The van der Waals surface area contributed by atoms with Crippen LogP contribution in [0.15, 0.2) is 12.1 Å². The zero-order valence-electron chi connectivity index (χ0n) is 23.1. The molecule has 6 rings (SSSR count). The molecule has 14 heteroatoms. The fraction of sp³-hybridized carbons (Fsp3) is 0.607. The van der Waals surface area contributed by atoms with Crippen LogP contribution in [0, 0.1) is 11.3 Å². The molecule has 4 heterocycles. The standard InChI is InChI=1S/C28H32ClF2N5O6/c1-34-23(25(30)31)18(32-33-34)13-42-20-5-4-17(29)15-6-9-36(26(38)16-3-2-10-41-24(16)27(39)40)19(22(15)20)12-35-14-28(7-8-28)11-21(35)37/h4-5,16,19,24-25H,2-3,6-14H2,1H3,(H,39,40)/t16-,19?,24+/m1/s1. The van der Waals surface area contributed by atoms with Crippen molar-refractivity contribution in [1.29, 1.82) is 0 Å². The Bertz CT molecular complexity index is 1420. The first-order valence-electron chi connectivity index (χ1n) is 14.1. The minimum absolute atomic E-state index is 0.00191. The highest BCUT2D eigenvalue weighted by atomic mass is 35.5. The molecule has 1 aliphatic carbocycles. The molecule has 1 spiro atoms. The van der Waals surface area contributed by atoms with Gasteiger partial charge in [-0.3, -0.25) is 9.59 Å². The molecular formula is C28H32ClF2N5O6. The Morgan fingerprint density at radius 3 is 2.79 bits per heavy atom. The van der Waals surface area contributed by atoms with Gasteiger partial charge in [0.05, 0.1) is 12.0 Å². The lowest BCUT2D eigenvalue weighted by Crippen LogP contribution is -2.52. The largest absolute Gasteiger partial charge is 0.487 e. The third kappa shape index (κ3) is 5.21. The average molecular weight is 608 g/mol. The number of aromatic nitrogens is 3. The predicted molar refractivity (Wildman–Crippen MR) is 143 cm³/mol. The van der Waals surface area contributed by atoms with E-state index in [9.17, 15) is 28.3 Å². The molecule has 3 fully saturated rings. The molecule has 1 N–H and O–H groups in total. The molecule has 1 aromatic carbocycles. The molecule has 42 heavy (non-hydrogen) atoms. The van der Waals surface area contributed by atoms with E-state index in [1.165, 1.54) is 7.05 Å². The van der Waals surface area contributed by atoms with Gasteiger partial charge in [-0.2, -0.15) is 0 Å². The number of aliphatic carboxylic acids is 1. The highest BCUT2D eigenvalue weighted by molar-refractivity contribution is 6.31. The summed E-state index contributed by atoms with van der Waals surface area (Å²) in [6.07, 6.45) is -0.389. The maximum Gasteiger partial charge on any atom is 0.333 e. The van der Waals surface area contributed by atoms with Gasteiger partial charge in [0, 0.05) is 50.3 Å². The number of carbonyl (C=O) groups excluding carboxylic acids is 2. The molecule has 2 aromatic rings. The van der Waals surface area contributed by atoms with Crippen LogP contribution in [0.5, 0.6) is 5.75 Å².